The number of thioether (sulfide) groups is 1. The van der Waals surface area contributed by atoms with Crippen molar-refractivity contribution in [1.82, 2.24) is 10.2 Å². The van der Waals surface area contributed by atoms with Gasteiger partial charge < -0.3 is 8.83 Å². The van der Waals surface area contributed by atoms with Gasteiger partial charge in [-0.15, -0.1) is 16.9 Å². The highest BCUT2D eigenvalue weighted by atomic mass is 35.5. The van der Waals surface area contributed by atoms with Crippen LogP contribution in [-0.2, 0) is 4.79 Å². The second-order valence-corrected chi connectivity index (χ2v) is 6.84. The Labute approximate surface area is 157 Å². The molecule has 1 amide bonds. The molecule has 2 heterocycles. The highest BCUT2D eigenvalue weighted by molar-refractivity contribution is 8.00. The number of nitrogens with zero attached hydrogens (tertiary/aromatic N) is 2. The van der Waals surface area contributed by atoms with E-state index in [4.69, 9.17) is 20.4 Å². The summed E-state index contributed by atoms with van der Waals surface area (Å²) in [5.41, 5.74) is 0.727. The van der Waals surface area contributed by atoms with Gasteiger partial charge in [-0.05, 0) is 36.4 Å². The average molecular weight is 386 g/mol. The van der Waals surface area contributed by atoms with Gasteiger partial charge in [0, 0.05) is 15.3 Å². The number of benzene rings is 2. The summed E-state index contributed by atoms with van der Waals surface area (Å²) >= 11 is 7.22. The van der Waals surface area contributed by atoms with E-state index in [1.165, 1.54) is 11.8 Å². The fourth-order valence-electron chi connectivity index (χ4n) is 2.30. The van der Waals surface area contributed by atoms with Gasteiger partial charge in [0.25, 0.3) is 5.89 Å². The molecule has 0 radical (unpaired) electrons. The number of fused-ring (bicyclic) bond motifs is 1. The lowest BCUT2D eigenvalue weighted by molar-refractivity contribution is -0.113. The quantitative estimate of drug-likeness (QED) is 0.494. The maximum atomic E-state index is 12.0. The number of carbonyl (C=O) groups excluding carboxylic acids is 1. The van der Waals surface area contributed by atoms with Gasteiger partial charge in [-0.25, -0.2) is 0 Å². The van der Waals surface area contributed by atoms with E-state index in [9.17, 15) is 4.79 Å². The van der Waals surface area contributed by atoms with Crippen molar-refractivity contribution in [2.24, 2.45) is 0 Å². The third-order valence-corrected chi connectivity index (χ3v) is 4.76. The lowest BCUT2D eigenvalue weighted by atomic mass is 10.2. The van der Waals surface area contributed by atoms with Gasteiger partial charge in [-0.2, -0.15) is 0 Å². The van der Waals surface area contributed by atoms with Crippen molar-refractivity contribution in [3.05, 3.63) is 59.6 Å². The molecule has 4 rings (SSSR count). The summed E-state index contributed by atoms with van der Waals surface area (Å²) < 4.78 is 11.1. The second-order valence-electron chi connectivity index (χ2n) is 5.35. The van der Waals surface area contributed by atoms with Crippen molar-refractivity contribution in [3.8, 4) is 11.7 Å². The van der Waals surface area contributed by atoms with Crippen LogP contribution in [0.25, 0.3) is 22.6 Å². The molecule has 130 valence electrons. The number of carbonyl (C=O) groups is 1. The smallest absolute Gasteiger partial charge is 0.322 e. The van der Waals surface area contributed by atoms with Crippen LogP contribution in [0.3, 0.4) is 0 Å². The minimum absolute atomic E-state index is 0.0298. The highest BCUT2D eigenvalue weighted by Gasteiger charge is 2.15. The van der Waals surface area contributed by atoms with E-state index in [1.807, 2.05) is 42.5 Å². The van der Waals surface area contributed by atoms with Gasteiger partial charge in [0.2, 0.25) is 5.91 Å². The van der Waals surface area contributed by atoms with E-state index in [2.05, 4.69) is 15.5 Å². The van der Waals surface area contributed by atoms with Crippen molar-refractivity contribution in [2.75, 3.05) is 11.1 Å². The van der Waals surface area contributed by atoms with Gasteiger partial charge in [0.05, 0.1) is 5.75 Å². The molecule has 0 unspecified atom stereocenters. The number of halogens is 1. The van der Waals surface area contributed by atoms with Crippen molar-refractivity contribution < 1.29 is 13.6 Å². The van der Waals surface area contributed by atoms with Crippen molar-refractivity contribution >= 4 is 46.3 Å². The standard InChI is InChI=1S/C18H12ClN3O3S/c19-12-5-7-13(8-6-12)26-10-16(23)20-18-22-21-17(25-18)15-9-11-3-1-2-4-14(11)24-15/h1-9H,10H2,(H,20,22,23). The molecule has 0 aliphatic carbocycles. The molecule has 0 saturated carbocycles. The van der Waals surface area contributed by atoms with E-state index >= 15 is 0 Å². The normalized spacial score (nSPS) is 11.0. The Morgan fingerprint density at radius 3 is 2.69 bits per heavy atom. The maximum Gasteiger partial charge on any atom is 0.322 e. The summed E-state index contributed by atoms with van der Waals surface area (Å²) in [5.74, 6) is 0.630. The minimum atomic E-state index is -0.246. The van der Waals surface area contributed by atoms with Crippen LogP contribution in [0.15, 0.2) is 68.3 Å². The lowest BCUT2D eigenvalue weighted by Crippen LogP contribution is -2.14. The summed E-state index contributed by atoms with van der Waals surface area (Å²) in [6.45, 7) is 0. The molecule has 0 aliphatic heterocycles. The number of nitrogens with one attached hydrogen (secondary N) is 1. The predicted molar refractivity (Wildman–Crippen MR) is 100 cm³/mol. The van der Waals surface area contributed by atoms with Crippen LogP contribution >= 0.6 is 23.4 Å². The SMILES string of the molecule is O=C(CSc1ccc(Cl)cc1)Nc1nnc(-c2cc3ccccc3o2)o1. The average Bonchev–Trinajstić information content (AvgIpc) is 3.27. The first-order valence-electron chi connectivity index (χ1n) is 7.68. The molecule has 0 bridgehead atoms. The molecule has 2 aromatic carbocycles. The predicted octanol–water partition coefficient (Wildman–Crippen LogP) is 4.87. The zero-order chi connectivity index (χ0) is 17.9. The number of hydrogen-bond acceptors (Lipinski definition) is 6. The van der Waals surface area contributed by atoms with Gasteiger partial charge in [-0.3, -0.25) is 10.1 Å². The van der Waals surface area contributed by atoms with E-state index in [0.717, 1.165) is 15.9 Å². The monoisotopic (exact) mass is 385 g/mol. The van der Waals surface area contributed by atoms with Crippen LogP contribution in [0.5, 0.6) is 0 Å². The number of para-hydroxylation sites is 1. The van der Waals surface area contributed by atoms with Gasteiger partial charge in [0.15, 0.2) is 5.76 Å². The summed E-state index contributed by atoms with van der Waals surface area (Å²) in [5, 5.41) is 11.9. The zero-order valence-electron chi connectivity index (χ0n) is 13.3. The Morgan fingerprint density at radius 2 is 1.88 bits per heavy atom. The number of hydrogen-bond donors (Lipinski definition) is 1. The fourth-order valence-corrected chi connectivity index (χ4v) is 3.12. The first-order valence-corrected chi connectivity index (χ1v) is 9.04. The summed E-state index contributed by atoms with van der Waals surface area (Å²) in [6.07, 6.45) is 0. The molecule has 0 saturated heterocycles. The van der Waals surface area contributed by atoms with E-state index < -0.39 is 0 Å². The summed E-state index contributed by atoms with van der Waals surface area (Å²) in [7, 11) is 0. The molecule has 26 heavy (non-hydrogen) atoms. The Kier molecular flexibility index (Phi) is 4.64. The molecule has 6 nitrogen and oxygen atoms in total. The molecule has 2 aromatic heterocycles. The Bertz CT molecular complexity index is 1030. The Morgan fingerprint density at radius 1 is 1.08 bits per heavy atom. The molecule has 0 fully saturated rings. The Hall–Kier alpha value is -2.77. The van der Waals surface area contributed by atoms with Crippen molar-refractivity contribution in [3.63, 3.8) is 0 Å². The molecule has 4 aromatic rings. The van der Waals surface area contributed by atoms with E-state index in [1.54, 1.807) is 12.1 Å². The van der Waals surface area contributed by atoms with E-state index in [0.29, 0.717) is 10.8 Å². The number of anilines is 1. The number of furan rings is 1. The van der Waals surface area contributed by atoms with Crippen LogP contribution in [-0.4, -0.2) is 21.9 Å². The molecule has 1 N–H and O–H groups in total. The maximum absolute atomic E-state index is 12.0. The van der Waals surface area contributed by atoms with E-state index in [-0.39, 0.29) is 23.6 Å². The molecule has 0 aliphatic rings. The molecule has 0 atom stereocenters. The Balaban J connectivity index is 1.39. The number of rotatable bonds is 5. The third kappa shape index (κ3) is 3.74. The summed E-state index contributed by atoms with van der Waals surface area (Å²) in [4.78, 5) is 13.0. The number of aromatic nitrogens is 2. The van der Waals surface area contributed by atoms with Crippen molar-refractivity contribution in [2.45, 2.75) is 4.90 Å². The molecular weight excluding hydrogens is 374 g/mol. The van der Waals surface area contributed by atoms with Crippen molar-refractivity contribution in [1.29, 1.82) is 0 Å². The second kappa shape index (κ2) is 7.23. The van der Waals surface area contributed by atoms with Gasteiger partial charge >= 0.3 is 6.01 Å². The molecule has 8 heteroatoms. The lowest BCUT2D eigenvalue weighted by Gasteiger charge is -2.01. The van der Waals surface area contributed by atoms with Crippen LogP contribution in [0, 0.1) is 0 Å². The minimum Gasteiger partial charge on any atom is -0.451 e. The zero-order valence-corrected chi connectivity index (χ0v) is 14.9. The first kappa shape index (κ1) is 16.7. The molecular formula is C18H12ClN3O3S. The topological polar surface area (TPSA) is 81.2 Å². The van der Waals surface area contributed by atoms with Gasteiger partial charge in [0.1, 0.15) is 5.58 Å². The summed E-state index contributed by atoms with van der Waals surface area (Å²) in [6, 6.07) is 16.7. The third-order valence-electron chi connectivity index (χ3n) is 3.49. The number of amides is 1. The highest BCUT2D eigenvalue weighted by Crippen LogP contribution is 2.27. The molecule has 0 spiro atoms. The van der Waals surface area contributed by atoms with Gasteiger partial charge in [-0.1, -0.05) is 34.9 Å². The largest absolute Gasteiger partial charge is 0.451 e. The first-order chi connectivity index (χ1) is 12.7. The van der Waals surface area contributed by atoms with Crippen LogP contribution in [0.4, 0.5) is 6.01 Å². The van der Waals surface area contributed by atoms with Crippen LogP contribution in [0.2, 0.25) is 5.02 Å². The van der Waals surface area contributed by atoms with Crippen LogP contribution in [0.1, 0.15) is 0 Å². The fraction of sp³-hybridized carbons (Fsp3) is 0.0556. The van der Waals surface area contributed by atoms with Crippen LogP contribution < -0.4 is 5.32 Å².